The summed E-state index contributed by atoms with van der Waals surface area (Å²) in [4.78, 5) is 46.9. The Kier molecular flexibility index (Phi) is 6.15. The fourth-order valence-corrected chi connectivity index (χ4v) is 2.86. The number of hydrogen-bond donors (Lipinski definition) is 2. The van der Waals surface area contributed by atoms with E-state index in [0.717, 1.165) is 11.1 Å². The summed E-state index contributed by atoms with van der Waals surface area (Å²) in [6.45, 7) is 1.21. The smallest absolute Gasteiger partial charge is 0.315 e. The van der Waals surface area contributed by atoms with Gasteiger partial charge in [-0.25, -0.2) is 5.01 Å². The normalized spacial score (nSPS) is 14.5. The van der Waals surface area contributed by atoms with Gasteiger partial charge >= 0.3 is 5.69 Å². The topological polar surface area (TPSA) is 154 Å². The summed E-state index contributed by atoms with van der Waals surface area (Å²) >= 11 is 0. The number of rotatable bonds is 8. The molecule has 1 aliphatic heterocycles. The molecule has 0 spiro atoms. The van der Waals surface area contributed by atoms with E-state index in [0.29, 0.717) is 5.69 Å². The predicted molar refractivity (Wildman–Crippen MR) is 109 cm³/mol. The third-order valence-electron chi connectivity index (χ3n) is 4.13. The summed E-state index contributed by atoms with van der Waals surface area (Å²) in [5.41, 5.74) is 7.39. The average molecular weight is 426 g/mol. The van der Waals surface area contributed by atoms with Gasteiger partial charge in [-0.05, 0) is 36.8 Å². The fraction of sp³-hybridized carbons (Fsp3) is 0.150. The molecule has 1 fully saturated rings. The molecule has 2 aromatic carbocycles. The van der Waals surface area contributed by atoms with Gasteiger partial charge in [-0.15, -0.1) is 0 Å². The molecule has 11 nitrogen and oxygen atoms in total. The molecule has 0 radical (unpaired) electrons. The maximum Gasteiger partial charge on any atom is 0.315 e. The molecule has 0 bridgehead atoms. The van der Waals surface area contributed by atoms with Gasteiger partial charge in [0.1, 0.15) is 5.57 Å². The van der Waals surface area contributed by atoms with Crippen molar-refractivity contribution in [3.8, 4) is 11.5 Å². The molecule has 1 heterocycles. The van der Waals surface area contributed by atoms with Crippen LogP contribution in [-0.4, -0.2) is 35.9 Å². The van der Waals surface area contributed by atoms with Gasteiger partial charge in [0.2, 0.25) is 5.75 Å². The second-order valence-electron chi connectivity index (χ2n) is 6.29. The van der Waals surface area contributed by atoms with Crippen LogP contribution in [0.25, 0.3) is 6.08 Å². The number of nitrogens with two attached hydrogens (primary N) is 1. The predicted octanol–water partition coefficient (Wildman–Crippen LogP) is 1.32. The molecule has 0 aliphatic carbocycles. The van der Waals surface area contributed by atoms with E-state index in [1.54, 1.807) is 37.3 Å². The van der Waals surface area contributed by atoms with Crippen molar-refractivity contribution in [2.45, 2.75) is 6.92 Å². The first-order valence-corrected chi connectivity index (χ1v) is 9.10. The Balaban J connectivity index is 2.03. The molecular weight excluding hydrogens is 408 g/mol. The molecule has 3 amide bonds. The molecule has 2 aromatic rings. The summed E-state index contributed by atoms with van der Waals surface area (Å²) in [7, 11) is 0. The number of para-hydroxylation sites is 1. The van der Waals surface area contributed by atoms with Crippen LogP contribution >= 0.6 is 0 Å². The summed E-state index contributed by atoms with van der Waals surface area (Å²) in [5, 5.41) is 12.6. The first-order chi connectivity index (χ1) is 14.8. The summed E-state index contributed by atoms with van der Waals surface area (Å²) < 4.78 is 10.6. The highest BCUT2D eigenvalue weighted by molar-refractivity contribution is 6.31. The van der Waals surface area contributed by atoms with Crippen molar-refractivity contribution in [1.29, 1.82) is 0 Å². The molecule has 0 unspecified atom stereocenters. The van der Waals surface area contributed by atoms with E-state index in [2.05, 4.69) is 5.43 Å². The second-order valence-corrected chi connectivity index (χ2v) is 6.29. The molecule has 0 saturated carbocycles. The maximum absolute atomic E-state index is 12.7. The quantitative estimate of drug-likeness (QED) is 0.279. The molecule has 1 aliphatic rings. The van der Waals surface area contributed by atoms with Crippen molar-refractivity contribution in [1.82, 2.24) is 5.43 Å². The number of primary amides is 1. The number of nitrogens with zero attached hydrogens (tertiary/aromatic N) is 2. The Labute approximate surface area is 176 Å². The number of ether oxygens (including phenoxy) is 2. The zero-order valence-corrected chi connectivity index (χ0v) is 16.4. The number of nitro groups is 1. The van der Waals surface area contributed by atoms with Gasteiger partial charge in [-0.1, -0.05) is 18.2 Å². The molecule has 1 saturated heterocycles. The summed E-state index contributed by atoms with van der Waals surface area (Å²) in [6.07, 6.45) is 1.22. The Morgan fingerprint density at radius 1 is 1.23 bits per heavy atom. The van der Waals surface area contributed by atoms with Crippen molar-refractivity contribution < 1.29 is 28.8 Å². The highest BCUT2D eigenvalue weighted by atomic mass is 16.6. The highest BCUT2D eigenvalue weighted by Gasteiger charge is 2.34. The Morgan fingerprint density at radius 3 is 2.55 bits per heavy atom. The lowest BCUT2D eigenvalue weighted by Gasteiger charge is -2.14. The molecule has 0 atom stereocenters. The standard InChI is InChI=1S/C20H18N4O7/c1-2-30-16-10-12(9-15(24(28)29)18(16)31-11-17(21)25)8-14-19(26)22-23(20(14)27)13-6-4-3-5-7-13/h3-10H,2,11H2,1H3,(H2,21,25)(H,22,26). The van der Waals surface area contributed by atoms with Gasteiger partial charge in [0.15, 0.2) is 12.4 Å². The SMILES string of the molecule is CCOc1cc(C=C2C(=O)NN(c3ccccc3)C2=O)cc([N+](=O)[O-])c1OCC(N)=O. The Bertz CT molecular complexity index is 1080. The third-order valence-corrected chi connectivity index (χ3v) is 4.13. The van der Waals surface area contributed by atoms with Crippen molar-refractivity contribution in [3.63, 3.8) is 0 Å². The van der Waals surface area contributed by atoms with Crippen molar-refractivity contribution in [3.05, 3.63) is 63.7 Å². The second kappa shape index (κ2) is 8.95. The van der Waals surface area contributed by atoms with E-state index in [9.17, 15) is 24.5 Å². The van der Waals surface area contributed by atoms with Crippen LogP contribution in [0, 0.1) is 10.1 Å². The van der Waals surface area contributed by atoms with Crippen molar-refractivity contribution in [2.75, 3.05) is 18.2 Å². The van der Waals surface area contributed by atoms with Crippen LogP contribution in [0.1, 0.15) is 12.5 Å². The maximum atomic E-state index is 12.7. The number of benzene rings is 2. The monoisotopic (exact) mass is 426 g/mol. The number of carbonyl (C=O) groups excluding carboxylic acids is 3. The Hall–Kier alpha value is -4.41. The zero-order valence-electron chi connectivity index (χ0n) is 16.4. The van der Waals surface area contributed by atoms with Crippen LogP contribution in [0.3, 0.4) is 0 Å². The number of nitrogens with one attached hydrogen (secondary N) is 1. The number of hydrazine groups is 1. The van der Waals surface area contributed by atoms with Crippen LogP contribution in [0.15, 0.2) is 48.0 Å². The van der Waals surface area contributed by atoms with Crippen molar-refractivity contribution >= 4 is 35.2 Å². The van der Waals surface area contributed by atoms with Crippen LogP contribution in [-0.2, 0) is 14.4 Å². The molecule has 160 valence electrons. The van der Waals surface area contributed by atoms with Gasteiger partial charge in [0.05, 0.1) is 17.2 Å². The first kappa shape index (κ1) is 21.3. The van der Waals surface area contributed by atoms with Crippen LogP contribution in [0.2, 0.25) is 0 Å². The highest BCUT2D eigenvalue weighted by Crippen LogP contribution is 2.39. The van der Waals surface area contributed by atoms with Gasteiger partial charge in [0.25, 0.3) is 17.7 Å². The van der Waals surface area contributed by atoms with E-state index in [1.165, 1.54) is 12.1 Å². The van der Waals surface area contributed by atoms with Crippen LogP contribution in [0.4, 0.5) is 11.4 Å². The lowest BCUT2D eigenvalue weighted by Crippen LogP contribution is -2.35. The lowest BCUT2D eigenvalue weighted by atomic mass is 10.1. The van der Waals surface area contributed by atoms with Gasteiger partial charge in [0, 0.05) is 6.07 Å². The molecule has 3 N–H and O–H groups in total. The molecule has 11 heteroatoms. The average Bonchev–Trinajstić information content (AvgIpc) is 3.01. The Morgan fingerprint density at radius 2 is 1.94 bits per heavy atom. The zero-order chi connectivity index (χ0) is 22.5. The van der Waals surface area contributed by atoms with E-state index < -0.39 is 34.9 Å². The third kappa shape index (κ3) is 4.61. The van der Waals surface area contributed by atoms with E-state index in [-0.39, 0.29) is 29.2 Å². The number of anilines is 1. The molecule has 3 rings (SSSR count). The van der Waals surface area contributed by atoms with Gasteiger partial charge in [-0.2, -0.15) is 0 Å². The first-order valence-electron chi connectivity index (χ1n) is 9.10. The van der Waals surface area contributed by atoms with Gasteiger partial charge in [-0.3, -0.25) is 29.9 Å². The minimum absolute atomic E-state index is 0.0319. The number of carbonyl (C=O) groups is 3. The molecular formula is C20H18N4O7. The summed E-state index contributed by atoms with van der Waals surface area (Å²) in [5.74, 6) is -2.41. The lowest BCUT2D eigenvalue weighted by molar-refractivity contribution is -0.385. The van der Waals surface area contributed by atoms with E-state index >= 15 is 0 Å². The molecule has 31 heavy (non-hydrogen) atoms. The minimum atomic E-state index is -0.822. The van der Waals surface area contributed by atoms with Crippen LogP contribution < -0.4 is 25.6 Å². The fourth-order valence-electron chi connectivity index (χ4n) is 2.86. The number of hydrogen-bond acceptors (Lipinski definition) is 7. The largest absolute Gasteiger partial charge is 0.490 e. The number of amides is 3. The molecule has 0 aromatic heterocycles. The number of nitro benzene ring substituents is 1. The van der Waals surface area contributed by atoms with Crippen LogP contribution in [0.5, 0.6) is 11.5 Å². The van der Waals surface area contributed by atoms with Gasteiger partial charge < -0.3 is 15.2 Å². The van der Waals surface area contributed by atoms with E-state index in [4.69, 9.17) is 15.2 Å². The minimum Gasteiger partial charge on any atom is -0.490 e. The van der Waals surface area contributed by atoms with Crippen molar-refractivity contribution in [2.24, 2.45) is 5.73 Å². The van der Waals surface area contributed by atoms with E-state index in [1.807, 2.05) is 0 Å². The summed E-state index contributed by atoms with van der Waals surface area (Å²) in [6, 6.07) is 10.9.